The predicted molar refractivity (Wildman–Crippen MR) is 56.7 cm³/mol. The topological polar surface area (TPSA) is 85.5 Å². The number of carboxylic acids is 1. The van der Waals surface area contributed by atoms with Crippen molar-refractivity contribution in [2.45, 2.75) is 13.5 Å². The molecule has 0 radical (unpaired) electrons. The van der Waals surface area contributed by atoms with E-state index in [4.69, 9.17) is 9.84 Å². The second-order valence-corrected chi connectivity index (χ2v) is 3.53. The van der Waals surface area contributed by atoms with Gasteiger partial charge in [0, 0.05) is 6.07 Å². The number of hydrogen-bond donors (Lipinski definition) is 1. The van der Waals surface area contributed by atoms with Gasteiger partial charge in [-0.2, -0.15) is 0 Å². The summed E-state index contributed by atoms with van der Waals surface area (Å²) in [6.45, 7) is 1.77. The fourth-order valence-electron chi connectivity index (χ4n) is 1.29. The third-order valence-electron chi connectivity index (χ3n) is 2.29. The summed E-state index contributed by atoms with van der Waals surface area (Å²) in [7, 11) is 0. The van der Waals surface area contributed by atoms with Gasteiger partial charge in [0.25, 0.3) is 0 Å². The van der Waals surface area contributed by atoms with Crippen molar-refractivity contribution in [3.8, 4) is 5.75 Å². The van der Waals surface area contributed by atoms with Gasteiger partial charge in [-0.1, -0.05) is 10.3 Å². The highest BCUT2D eigenvalue weighted by atomic mass is 19.1. The SMILES string of the molecule is Cc1nonc1COc1ccc(C(=O)O)c(F)c1. The molecule has 0 atom stereocenters. The quantitative estimate of drug-likeness (QED) is 0.892. The third-order valence-corrected chi connectivity index (χ3v) is 2.29. The number of aromatic carboxylic acids is 1. The molecule has 0 saturated heterocycles. The van der Waals surface area contributed by atoms with Crippen molar-refractivity contribution in [3.05, 3.63) is 41.0 Å². The molecule has 0 spiro atoms. The van der Waals surface area contributed by atoms with Gasteiger partial charge in [-0.05, 0) is 19.1 Å². The second-order valence-electron chi connectivity index (χ2n) is 3.53. The van der Waals surface area contributed by atoms with Crippen LogP contribution in [0.4, 0.5) is 4.39 Å². The number of rotatable bonds is 4. The Morgan fingerprint density at radius 3 is 2.83 bits per heavy atom. The van der Waals surface area contributed by atoms with Crippen molar-refractivity contribution >= 4 is 5.97 Å². The molecule has 1 N–H and O–H groups in total. The molecule has 1 heterocycles. The molecule has 1 aromatic carbocycles. The molecule has 0 aliphatic carbocycles. The summed E-state index contributed by atoms with van der Waals surface area (Å²) in [5.41, 5.74) is 0.678. The van der Waals surface area contributed by atoms with E-state index in [0.717, 1.165) is 12.1 Å². The number of carbonyl (C=O) groups is 1. The Balaban J connectivity index is 2.09. The lowest BCUT2D eigenvalue weighted by Gasteiger charge is -2.05. The number of aryl methyl sites for hydroxylation is 1. The summed E-state index contributed by atoms with van der Waals surface area (Å²) in [5.74, 6) is -1.97. The molecule has 7 heteroatoms. The van der Waals surface area contributed by atoms with Crippen molar-refractivity contribution in [3.63, 3.8) is 0 Å². The average Bonchev–Trinajstić information content (AvgIpc) is 2.72. The van der Waals surface area contributed by atoms with Crippen molar-refractivity contribution in [1.29, 1.82) is 0 Å². The van der Waals surface area contributed by atoms with Gasteiger partial charge in [0.15, 0.2) is 0 Å². The van der Waals surface area contributed by atoms with Gasteiger partial charge in [-0.25, -0.2) is 13.8 Å². The maximum absolute atomic E-state index is 13.3. The average molecular weight is 252 g/mol. The first kappa shape index (κ1) is 12.0. The number of hydrogen-bond acceptors (Lipinski definition) is 5. The van der Waals surface area contributed by atoms with Gasteiger partial charge >= 0.3 is 5.97 Å². The first-order chi connectivity index (χ1) is 8.58. The van der Waals surface area contributed by atoms with E-state index >= 15 is 0 Å². The van der Waals surface area contributed by atoms with Crippen LogP contribution in [0.3, 0.4) is 0 Å². The zero-order chi connectivity index (χ0) is 13.1. The molecule has 6 nitrogen and oxygen atoms in total. The molecule has 0 bridgehead atoms. The van der Waals surface area contributed by atoms with E-state index in [2.05, 4.69) is 14.9 Å². The first-order valence-electron chi connectivity index (χ1n) is 5.01. The normalized spacial score (nSPS) is 10.3. The number of ether oxygens (including phenoxy) is 1. The minimum Gasteiger partial charge on any atom is -0.487 e. The van der Waals surface area contributed by atoms with E-state index in [1.54, 1.807) is 6.92 Å². The summed E-state index contributed by atoms with van der Waals surface area (Å²) in [6.07, 6.45) is 0. The molecule has 94 valence electrons. The molecule has 0 unspecified atom stereocenters. The highest BCUT2D eigenvalue weighted by Gasteiger charge is 2.12. The smallest absolute Gasteiger partial charge is 0.338 e. The summed E-state index contributed by atoms with van der Waals surface area (Å²) in [5, 5.41) is 15.8. The minimum atomic E-state index is -1.32. The summed E-state index contributed by atoms with van der Waals surface area (Å²) >= 11 is 0. The van der Waals surface area contributed by atoms with Crippen LogP contribution in [0.2, 0.25) is 0 Å². The second kappa shape index (κ2) is 4.82. The molecule has 2 aromatic rings. The van der Waals surface area contributed by atoms with Gasteiger partial charge in [0.05, 0.1) is 5.56 Å². The van der Waals surface area contributed by atoms with Crippen LogP contribution in [0.15, 0.2) is 22.8 Å². The lowest BCUT2D eigenvalue weighted by Crippen LogP contribution is -2.02. The number of halogens is 1. The lowest BCUT2D eigenvalue weighted by atomic mass is 10.2. The van der Waals surface area contributed by atoms with Gasteiger partial charge in [0.2, 0.25) is 0 Å². The van der Waals surface area contributed by atoms with Crippen LogP contribution in [0, 0.1) is 12.7 Å². The van der Waals surface area contributed by atoms with E-state index < -0.39 is 17.3 Å². The lowest BCUT2D eigenvalue weighted by molar-refractivity contribution is 0.0692. The molecule has 0 amide bonds. The molecule has 18 heavy (non-hydrogen) atoms. The van der Waals surface area contributed by atoms with Gasteiger partial charge in [-0.3, -0.25) is 0 Å². The molecule has 0 saturated carbocycles. The fraction of sp³-hybridized carbons (Fsp3) is 0.182. The van der Waals surface area contributed by atoms with Crippen molar-refractivity contribution in [1.82, 2.24) is 10.3 Å². The maximum atomic E-state index is 13.3. The van der Waals surface area contributed by atoms with Crippen LogP contribution in [0.5, 0.6) is 5.75 Å². The summed E-state index contributed by atoms with van der Waals surface area (Å²) in [4.78, 5) is 10.6. The Bertz CT molecular complexity index is 582. The van der Waals surface area contributed by atoms with Crippen LogP contribution in [-0.4, -0.2) is 21.4 Å². The number of nitrogens with zero attached hydrogens (tertiary/aromatic N) is 2. The van der Waals surface area contributed by atoms with Crippen LogP contribution >= 0.6 is 0 Å². The maximum Gasteiger partial charge on any atom is 0.338 e. The number of aromatic nitrogens is 2. The van der Waals surface area contributed by atoms with Crippen molar-refractivity contribution in [2.75, 3.05) is 0 Å². The van der Waals surface area contributed by atoms with Crippen molar-refractivity contribution < 1.29 is 23.7 Å². The zero-order valence-corrected chi connectivity index (χ0v) is 9.38. The molecular weight excluding hydrogens is 243 g/mol. The standard InChI is InChI=1S/C11H9FN2O4/c1-6-10(14-18-13-6)5-17-7-2-3-8(11(15)16)9(12)4-7/h2-4H,5H2,1H3,(H,15,16). The largest absolute Gasteiger partial charge is 0.487 e. The van der Waals surface area contributed by atoms with Crippen molar-refractivity contribution in [2.24, 2.45) is 0 Å². The fourth-order valence-corrected chi connectivity index (χ4v) is 1.29. The highest BCUT2D eigenvalue weighted by molar-refractivity contribution is 5.88. The van der Waals surface area contributed by atoms with Crippen LogP contribution in [0.1, 0.15) is 21.7 Å². The molecule has 0 aliphatic heterocycles. The van der Waals surface area contributed by atoms with E-state index in [1.807, 2.05) is 0 Å². The Morgan fingerprint density at radius 2 is 2.28 bits per heavy atom. The van der Waals surface area contributed by atoms with Gasteiger partial charge in [-0.15, -0.1) is 0 Å². The van der Waals surface area contributed by atoms with E-state index in [1.165, 1.54) is 6.07 Å². The Morgan fingerprint density at radius 1 is 1.50 bits per heavy atom. The van der Waals surface area contributed by atoms with Gasteiger partial charge in [0.1, 0.15) is 29.6 Å². The highest BCUT2D eigenvalue weighted by Crippen LogP contribution is 2.18. The number of carboxylic acid groups (broad SMARTS) is 1. The molecule has 1 aromatic heterocycles. The van der Waals surface area contributed by atoms with E-state index in [0.29, 0.717) is 11.4 Å². The Hall–Kier alpha value is -2.44. The molecular formula is C11H9FN2O4. The molecule has 0 aliphatic rings. The molecule has 0 fully saturated rings. The number of benzene rings is 1. The molecule has 2 rings (SSSR count). The first-order valence-corrected chi connectivity index (χ1v) is 5.01. The van der Waals surface area contributed by atoms with E-state index in [-0.39, 0.29) is 12.4 Å². The predicted octanol–water partition coefficient (Wildman–Crippen LogP) is 1.79. The Labute approximate surface area is 101 Å². The van der Waals surface area contributed by atoms with Crippen LogP contribution in [-0.2, 0) is 6.61 Å². The van der Waals surface area contributed by atoms with E-state index in [9.17, 15) is 9.18 Å². The zero-order valence-electron chi connectivity index (χ0n) is 9.38. The van der Waals surface area contributed by atoms with Crippen LogP contribution in [0.25, 0.3) is 0 Å². The summed E-state index contributed by atoms with van der Waals surface area (Å²) < 4.78 is 23.1. The monoisotopic (exact) mass is 252 g/mol. The summed E-state index contributed by atoms with van der Waals surface area (Å²) in [6, 6.07) is 3.52. The van der Waals surface area contributed by atoms with Gasteiger partial charge < -0.3 is 9.84 Å². The minimum absolute atomic E-state index is 0.0706. The third kappa shape index (κ3) is 2.45. The van der Waals surface area contributed by atoms with Crippen LogP contribution < -0.4 is 4.74 Å². The Kier molecular flexibility index (Phi) is 3.22.